The fraction of sp³-hybridized carbons (Fsp3) is 0.697. The van der Waals surface area contributed by atoms with Crippen molar-refractivity contribution in [2.24, 2.45) is 17.6 Å². The molecule has 2 amide bonds. The summed E-state index contributed by atoms with van der Waals surface area (Å²) in [4.78, 5) is 106. The van der Waals surface area contributed by atoms with Crippen molar-refractivity contribution in [1.82, 2.24) is 9.80 Å². The molecule has 1 unspecified atom stereocenters. The summed E-state index contributed by atoms with van der Waals surface area (Å²) in [5.41, 5.74) is 2.48. The van der Waals surface area contributed by atoms with Crippen molar-refractivity contribution in [2.75, 3.05) is 45.8 Å². The molecule has 4 fully saturated rings. The van der Waals surface area contributed by atoms with E-state index in [1.807, 2.05) is 0 Å². The highest BCUT2D eigenvalue weighted by atomic mass is 32.2. The van der Waals surface area contributed by atoms with Gasteiger partial charge in [-0.2, -0.15) is 0 Å². The molecule has 0 aromatic rings. The van der Waals surface area contributed by atoms with Gasteiger partial charge in [-0.25, -0.2) is 4.79 Å². The van der Waals surface area contributed by atoms with Crippen LogP contribution in [0, 0.1) is 11.8 Å². The Bertz CT molecular complexity index is 1680. The largest absolute Gasteiger partial charge is 0.463 e. The molecule has 0 radical (unpaired) electrons. The SMILES string of the molecule is CO[C@@]12[C@H](COC(N)=O)C3=C(C(=O)C(CS[C@@H]4O[C@H](COC(C)=O)[C@@H](OC(C)=O)[C@H](OC(C)=O)[C@H]4OC(C)=O)C4(OCCO4)C3=O)N1C[C@H]1[C@@H]2N1C(C)=O. The average Bonchev–Trinajstić information content (AvgIpc) is 3.34. The predicted molar refractivity (Wildman–Crippen MR) is 175 cm³/mol. The smallest absolute Gasteiger partial charge is 0.404 e. The van der Waals surface area contributed by atoms with Gasteiger partial charge in [0.15, 0.2) is 29.8 Å². The number of nitrogens with two attached hydrogens (primary N) is 1. The van der Waals surface area contributed by atoms with Crippen LogP contribution in [-0.4, -0.2) is 157 Å². The Balaban J connectivity index is 1.37. The Morgan fingerprint density at radius 3 is 2.00 bits per heavy atom. The zero-order chi connectivity index (χ0) is 39.4. The second-order valence-corrected chi connectivity index (χ2v) is 14.6. The summed E-state index contributed by atoms with van der Waals surface area (Å²) in [6, 6.07) is -0.963. The number of carbonyl (C=O) groups excluding carboxylic acids is 8. The van der Waals surface area contributed by atoms with Gasteiger partial charge >= 0.3 is 30.0 Å². The third kappa shape index (κ3) is 6.48. The lowest BCUT2D eigenvalue weighted by atomic mass is 9.76. The molecule has 2 N–H and O–H groups in total. The first-order valence-corrected chi connectivity index (χ1v) is 18.1. The van der Waals surface area contributed by atoms with Crippen molar-refractivity contribution in [1.29, 1.82) is 0 Å². The van der Waals surface area contributed by atoms with Gasteiger partial charge in [0.2, 0.25) is 17.5 Å². The lowest BCUT2D eigenvalue weighted by molar-refractivity contribution is -0.237. The van der Waals surface area contributed by atoms with Crippen molar-refractivity contribution in [3.8, 4) is 0 Å². The third-order valence-corrected chi connectivity index (χ3v) is 11.5. The van der Waals surface area contributed by atoms with E-state index >= 15 is 0 Å². The predicted octanol–water partition coefficient (Wildman–Crippen LogP) is -1.45. The molecule has 20 nitrogen and oxygen atoms in total. The highest BCUT2D eigenvalue weighted by Gasteiger charge is 2.79. The summed E-state index contributed by atoms with van der Waals surface area (Å²) in [6.45, 7) is 4.87. The quantitative estimate of drug-likeness (QED) is 0.143. The molecular formula is C33H41N3O17S. The van der Waals surface area contributed by atoms with Gasteiger partial charge in [0.25, 0.3) is 0 Å². The van der Waals surface area contributed by atoms with Gasteiger partial charge in [0.1, 0.15) is 30.8 Å². The minimum atomic E-state index is -2.16. The van der Waals surface area contributed by atoms with E-state index in [4.69, 9.17) is 48.4 Å². The summed E-state index contributed by atoms with van der Waals surface area (Å²) in [5.74, 6) is -9.61. The molecule has 0 aromatic carbocycles. The maximum atomic E-state index is 14.9. The van der Waals surface area contributed by atoms with E-state index in [0.717, 1.165) is 39.5 Å². The second-order valence-electron chi connectivity index (χ2n) is 13.5. The minimum absolute atomic E-state index is 0.0208. The zero-order valence-corrected chi connectivity index (χ0v) is 31.1. The lowest BCUT2D eigenvalue weighted by Gasteiger charge is -2.45. The molecule has 6 rings (SSSR count). The summed E-state index contributed by atoms with van der Waals surface area (Å²) < 4.78 is 51.2. The van der Waals surface area contributed by atoms with Crippen LogP contribution in [0.25, 0.3) is 0 Å². The highest BCUT2D eigenvalue weighted by molar-refractivity contribution is 7.99. The van der Waals surface area contributed by atoms with Crippen molar-refractivity contribution in [3.05, 3.63) is 11.3 Å². The van der Waals surface area contributed by atoms with Gasteiger partial charge in [-0.15, -0.1) is 11.8 Å². The van der Waals surface area contributed by atoms with Crippen molar-refractivity contribution in [3.63, 3.8) is 0 Å². The number of ether oxygens (including phenoxy) is 9. The Kier molecular flexibility index (Phi) is 10.7. The summed E-state index contributed by atoms with van der Waals surface area (Å²) >= 11 is 0.887. The number of ketones is 2. The van der Waals surface area contributed by atoms with E-state index in [1.165, 1.54) is 14.0 Å². The Morgan fingerprint density at radius 2 is 1.44 bits per heavy atom. The third-order valence-electron chi connectivity index (χ3n) is 10.3. The van der Waals surface area contributed by atoms with E-state index in [0.29, 0.717) is 0 Å². The molecule has 5 heterocycles. The number of Topliss-reactive ketones (excluding diaryl/α,β-unsaturated/α-hetero) is 2. The van der Waals surface area contributed by atoms with Crippen LogP contribution in [0.15, 0.2) is 11.3 Å². The number of primary amides is 1. The van der Waals surface area contributed by atoms with Gasteiger partial charge in [-0.1, -0.05) is 0 Å². The Labute approximate surface area is 312 Å². The molecule has 54 heavy (non-hydrogen) atoms. The number of amides is 2. The van der Waals surface area contributed by atoms with Crippen LogP contribution in [0.2, 0.25) is 0 Å². The number of piperazine rings is 1. The van der Waals surface area contributed by atoms with Gasteiger partial charge in [-0.05, 0) is 0 Å². The molecule has 0 aromatic heterocycles. The molecule has 1 spiro atoms. The van der Waals surface area contributed by atoms with E-state index in [1.54, 1.807) is 9.80 Å². The summed E-state index contributed by atoms with van der Waals surface area (Å²) in [6.07, 6.45) is -6.68. The average molecular weight is 784 g/mol. The molecule has 1 aliphatic carbocycles. The summed E-state index contributed by atoms with van der Waals surface area (Å²) in [5, 5.41) is 0. The van der Waals surface area contributed by atoms with Gasteiger partial charge in [0.05, 0.1) is 36.8 Å². The number of fused-ring (bicyclic) bond motifs is 4. The number of hydrogen-bond acceptors (Lipinski definition) is 19. The fourth-order valence-corrected chi connectivity index (χ4v) is 9.83. The van der Waals surface area contributed by atoms with Crippen LogP contribution in [0.1, 0.15) is 34.6 Å². The second kappa shape index (κ2) is 14.7. The first-order chi connectivity index (χ1) is 25.5. The monoisotopic (exact) mass is 783 g/mol. The maximum Gasteiger partial charge on any atom is 0.404 e. The topological polar surface area (TPSA) is 252 Å². The molecule has 6 aliphatic rings. The van der Waals surface area contributed by atoms with Gasteiger partial charge < -0.3 is 58.2 Å². The van der Waals surface area contributed by atoms with Crippen LogP contribution in [0.3, 0.4) is 0 Å². The van der Waals surface area contributed by atoms with Crippen LogP contribution in [0.5, 0.6) is 0 Å². The fourth-order valence-electron chi connectivity index (χ4n) is 8.46. The van der Waals surface area contributed by atoms with Gasteiger partial charge in [-0.3, -0.25) is 33.6 Å². The van der Waals surface area contributed by atoms with Crippen LogP contribution in [0.4, 0.5) is 4.79 Å². The van der Waals surface area contributed by atoms with E-state index < -0.39 is 114 Å². The lowest BCUT2D eigenvalue weighted by Crippen LogP contribution is -2.62. The number of carbonyl (C=O) groups is 8. The number of methoxy groups -OCH3 is 1. The number of thioether (sulfide) groups is 1. The van der Waals surface area contributed by atoms with Crippen LogP contribution in [-0.2, 0) is 76.2 Å². The van der Waals surface area contributed by atoms with Crippen LogP contribution >= 0.6 is 11.8 Å². The van der Waals surface area contributed by atoms with E-state index in [-0.39, 0.29) is 48.7 Å². The summed E-state index contributed by atoms with van der Waals surface area (Å²) in [7, 11) is 1.37. The molecule has 10 atom stereocenters. The van der Waals surface area contributed by atoms with E-state index in [9.17, 15) is 38.4 Å². The number of hydrogen-bond donors (Lipinski definition) is 1. The molecule has 296 valence electrons. The van der Waals surface area contributed by atoms with Crippen LogP contribution < -0.4 is 5.73 Å². The number of nitrogens with zero attached hydrogens (tertiary/aromatic N) is 2. The maximum absolute atomic E-state index is 14.9. The molecule has 0 saturated carbocycles. The Hall–Kier alpha value is -4.31. The standard InChI is InChI=1S/C33H41N3O17S/c1-13(37)36-20-9-35-23-22(18(10-47-31(34)44)32(35,45-6)28(20)36)29(43)33(48-7-8-49-33)19(24(23)42)12-54-30-27(52-17(5)41)26(51-16(4)40)25(50-15(3)39)21(53-30)11-46-14(2)38/h18-21,25-28,30H,7-12H2,1-6H3,(H2,34,44)/t18-,19?,20+,21-,25-,26+,27-,28+,30+,32-,36?/m1/s1. The zero-order valence-electron chi connectivity index (χ0n) is 30.3. The first kappa shape index (κ1) is 39.4. The van der Waals surface area contributed by atoms with Gasteiger partial charge in [0, 0.05) is 59.6 Å². The highest BCUT2D eigenvalue weighted by Crippen LogP contribution is 2.61. The molecule has 4 saturated heterocycles. The van der Waals surface area contributed by atoms with Crippen molar-refractivity contribution < 1.29 is 81.0 Å². The molecule has 0 bridgehead atoms. The normalized spacial score (nSPS) is 34.5. The first-order valence-electron chi connectivity index (χ1n) is 17.1. The number of rotatable bonds is 11. The number of allylic oxidation sites excluding steroid dienone is 1. The molecule has 21 heteroatoms. The van der Waals surface area contributed by atoms with Crippen molar-refractivity contribution >= 4 is 59.2 Å². The Morgan fingerprint density at radius 1 is 0.833 bits per heavy atom. The minimum Gasteiger partial charge on any atom is -0.463 e. The van der Waals surface area contributed by atoms with E-state index in [2.05, 4.69) is 0 Å². The van der Waals surface area contributed by atoms with Crippen molar-refractivity contribution in [2.45, 2.75) is 88.1 Å². The molecule has 5 aliphatic heterocycles. The number of esters is 4. The molecular weight excluding hydrogens is 742 g/mol.